The fourth-order valence-corrected chi connectivity index (χ4v) is 2.49. The Balaban J connectivity index is 1.93. The van der Waals surface area contributed by atoms with E-state index in [9.17, 15) is 9.59 Å². The first-order chi connectivity index (χ1) is 12.0. The maximum atomic E-state index is 12.2. The van der Waals surface area contributed by atoms with E-state index in [4.69, 9.17) is 0 Å². The lowest BCUT2D eigenvalue weighted by Crippen LogP contribution is -2.32. The summed E-state index contributed by atoms with van der Waals surface area (Å²) in [6.07, 6.45) is 0.427. The van der Waals surface area contributed by atoms with Crippen LogP contribution >= 0.6 is 0 Å². The monoisotopic (exact) mass is 339 g/mol. The Bertz CT molecular complexity index is 729. The van der Waals surface area contributed by atoms with Gasteiger partial charge >= 0.3 is 0 Å². The molecule has 0 aliphatic rings. The number of carbonyl (C=O) groups excluding carboxylic acids is 2. The van der Waals surface area contributed by atoms with E-state index in [1.54, 1.807) is 0 Å². The third-order valence-electron chi connectivity index (χ3n) is 4.05. The van der Waals surface area contributed by atoms with Gasteiger partial charge in [0, 0.05) is 17.8 Å². The molecule has 25 heavy (non-hydrogen) atoms. The topological polar surface area (TPSA) is 70.2 Å². The third kappa shape index (κ3) is 5.35. The van der Waals surface area contributed by atoms with Gasteiger partial charge in [0.25, 0.3) is 0 Å². The Labute approximate surface area is 148 Å². The van der Waals surface area contributed by atoms with Crippen molar-refractivity contribution >= 4 is 23.2 Å². The van der Waals surface area contributed by atoms with Crippen molar-refractivity contribution < 1.29 is 9.59 Å². The van der Waals surface area contributed by atoms with Gasteiger partial charge in [-0.15, -0.1) is 0 Å². The second kappa shape index (κ2) is 8.87. The van der Waals surface area contributed by atoms with E-state index in [1.807, 2.05) is 69.3 Å². The number of amides is 2. The highest BCUT2D eigenvalue weighted by Gasteiger charge is 2.11. The molecule has 1 unspecified atom stereocenters. The largest absolute Gasteiger partial charge is 0.376 e. The van der Waals surface area contributed by atoms with E-state index in [1.165, 1.54) is 0 Å². The van der Waals surface area contributed by atoms with Crippen molar-refractivity contribution in [1.82, 2.24) is 5.32 Å². The zero-order valence-electron chi connectivity index (χ0n) is 14.9. The van der Waals surface area contributed by atoms with Crippen molar-refractivity contribution in [2.45, 2.75) is 33.2 Å². The van der Waals surface area contributed by atoms with Gasteiger partial charge in [-0.1, -0.05) is 43.3 Å². The average molecular weight is 339 g/mol. The molecule has 2 rings (SSSR count). The van der Waals surface area contributed by atoms with Crippen LogP contribution in [0.4, 0.5) is 11.4 Å². The summed E-state index contributed by atoms with van der Waals surface area (Å²) < 4.78 is 0. The van der Waals surface area contributed by atoms with Crippen LogP contribution in [0.15, 0.2) is 48.5 Å². The summed E-state index contributed by atoms with van der Waals surface area (Å²) in [7, 11) is 0. The van der Waals surface area contributed by atoms with Crippen molar-refractivity contribution in [3.05, 3.63) is 59.7 Å². The Kier molecular flexibility index (Phi) is 6.57. The van der Waals surface area contributed by atoms with Crippen molar-refractivity contribution in [2.75, 3.05) is 17.2 Å². The molecule has 0 aliphatic heterocycles. The number of nitrogens with one attached hydrogen (secondary N) is 3. The quantitative estimate of drug-likeness (QED) is 0.721. The predicted molar refractivity (Wildman–Crippen MR) is 102 cm³/mol. The standard InChI is InChI=1S/C20H25N3O2/c1-4-19(24)23-18-12-8-11-17(14(18)2)21-13-20(25)22-15(3)16-9-6-5-7-10-16/h5-12,15,21H,4,13H2,1-3H3,(H,22,25)(H,23,24). The fraction of sp³-hybridized carbons (Fsp3) is 0.300. The number of rotatable bonds is 7. The van der Waals surface area contributed by atoms with Crippen LogP contribution < -0.4 is 16.0 Å². The van der Waals surface area contributed by atoms with Gasteiger partial charge in [0.15, 0.2) is 0 Å². The number of anilines is 2. The maximum absolute atomic E-state index is 12.2. The lowest BCUT2D eigenvalue weighted by Gasteiger charge is -2.16. The average Bonchev–Trinajstić information content (AvgIpc) is 2.63. The summed E-state index contributed by atoms with van der Waals surface area (Å²) in [5.74, 6) is -0.117. The molecule has 1 atom stereocenters. The molecule has 2 amide bonds. The molecular weight excluding hydrogens is 314 g/mol. The number of hydrogen-bond donors (Lipinski definition) is 3. The molecule has 3 N–H and O–H groups in total. The fourth-order valence-electron chi connectivity index (χ4n) is 2.49. The second-order valence-electron chi connectivity index (χ2n) is 5.93. The Morgan fingerprint density at radius 1 is 0.960 bits per heavy atom. The summed E-state index contributed by atoms with van der Waals surface area (Å²) in [4.78, 5) is 23.7. The third-order valence-corrected chi connectivity index (χ3v) is 4.05. The van der Waals surface area contributed by atoms with E-state index in [0.717, 1.165) is 22.5 Å². The first-order valence-electron chi connectivity index (χ1n) is 8.49. The zero-order valence-corrected chi connectivity index (χ0v) is 14.9. The SMILES string of the molecule is CCC(=O)Nc1cccc(NCC(=O)NC(C)c2ccccc2)c1C. The molecule has 0 saturated heterocycles. The maximum Gasteiger partial charge on any atom is 0.239 e. The van der Waals surface area contributed by atoms with E-state index < -0.39 is 0 Å². The minimum atomic E-state index is -0.0845. The van der Waals surface area contributed by atoms with Crippen molar-refractivity contribution in [3.8, 4) is 0 Å². The van der Waals surface area contributed by atoms with Crippen LogP contribution in [-0.2, 0) is 9.59 Å². The molecular formula is C20H25N3O2. The summed E-state index contributed by atoms with van der Waals surface area (Å²) in [5, 5.41) is 8.97. The van der Waals surface area contributed by atoms with Gasteiger partial charge in [-0.05, 0) is 37.1 Å². The molecule has 0 aromatic heterocycles. The smallest absolute Gasteiger partial charge is 0.239 e. The molecule has 5 heteroatoms. The highest BCUT2D eigenvalue weighted by Crippen LogP contribution is 2.23. The van der Waals surface area contributed by atoms with Gasteiger partial charge in [0.2, 0.25) is 11.8 Å². The molecule has 0 fully saturated rings. The van der Waals surface area contributed by atoms with E-state index in [2.05, 4.69) is 16.0 Å². The van der Waals surface area contributed by atoms with Crippen LogP contribution in [-0.4, -0.2) is 18.4 Å². The van der Waals surface area contributed by atoms with Gasteiger partial charge in [-0.2, -0.15) is 0 Å². The Morgan fingerprint density at radius 2 is 1.64 bits per heavy atom. The molecule has 2 aromatic rings. The summed E-state index contributed by atoms with van der Waals surface area (Å²) in [6, 6.07) is 15.4. The molecule has 0 radical (unpaired) electrons. The van der Waals surface area contributed by atoms with Crippen LogP contribution in [0.3, 0.4) is 0 Å². The zero-order chi connectivity index (χ0) is 18.2. The molecule has 0 aliphatic carbocycles. The van der Waals surface area contributed by atoms with Crippen molar-refractivity contribution in [2.24, 2.45) is 0 Å². The molecule has 132 valence electrons. The van der Waals surface area contributed by atoms with Crippen LogP contribution in [0, 0.1) is 6.92 Å². The van der Waals surface area contributed by atoms with Crippen molar-refractivity contribution in [1.29, 1.82) is 0 Å². The summed E-state index contributed by atoms with van der Waals surface area (Å²) in [6.45, 7) is 5.85. The lowest BCUT2D eigenvalue weighted by molar-refractivity contribution is -0.120. The van der Waals surface area contributed by atoms with Gasteiger partial charge in [-0.25, -0.2) is 0 Å². The highest BCUT2D eigenvalue weighted by atomic mass is 16.2. The van der Waals surface area contributed by atoms with E-state index >= 15 is 0 Å². The minimum absolute atomic E-state index is 0.0327. The Morgan fingerprint density at radius 3 is 2.32 bits per heavy atom. The van der Waals surface area contributed by atoms with Gasteiger partial charge in [0.1, 0.15) is 0 Å². The normalized spacial score (nSPS) is 11.5. The van der Waals surface area contributed by atoms with Crippen molar-refractivity contribution in [3.63, 3.8) is 0 Å². The molecule has 0 saturated carbocycles. The predicted octanol–water partition coefficient (Wildman–Crippen LogP) is 3.63. The summed E-state index contributed by atoms with van der Waals surface area (Å²) >= 11 is 0. The van der Waals surface area contributed by atoms with Crippen LogP contribution in [0.5, 0.6) is 0 Å². The van der Waals surface area contributed by atoms with Crippen LogP contribution in [0.1, 0.15) is 37.4 Å². The first kappa shape index (κ1) is 18.5. The number of hydrogen-bond acceptors (Lipinski definition) is 3. The van der Waals surface area contributed by atoms with Gasteiger partial charge in [0.05, 0.1) is 12.6 Å². The first-order valence-corrected chi connectivity index (χ1v) is 8.49. The lowest BCUT2D eigenvalue weighted by atomic mass is 10.1. The van der Waals surface area contributed by atoms with Gasteiger partial charge in [-0.3, -0.25) is 9.59 Å². The molecule has 2 aromatic carbocycles. The Hall–Kier alpha value is -2.82. The summed E-state index contributed by atoms with van der Waals surface area (Å²) in [5.41, 5.74) is 3.57. The second-order valence-corrected chi connectivity index (χ2v) is 5.93. The van der Waals surface area contributed by atoms with E-state index in [-0.39, 0.29) is 24.4 Å². The molecule has 0 bridgehead atoms. The highest BCUT2D eigenvalue weighted by molar-refractivity contribution is 5.92. The van der Waals surface area contributed by atoms with Crippen LogP contribution in [0.2, 0.25) is 0 Å². The molecule has 0 heterocycles. The van der Waals surface area contributed by atoms with Crippen LogP contribution in [0.25, 0.3) is 0 Å². The number of benzene rings is 2. The number of carbonyl (C=O) groups is 2. The van der Waals surface area contributed by atoms with Gasteiger partial charge < -0.3 is 16.0 Å². The molecule has 0 spiro atoms. The minimum Gasteiger partial charge on any atom is -0.376 e. The van der Waals surface area contributed by atoms with E-state index in [0.29, 0.717) is 6.42 Å². The molecule has 5 nitrogen and oxygen atoms in total.